The number of hydrogen-bond donors (Lipinski definition) is 0. The Hall–Kier alpha value is -2.37. The van der Waals surface area contributed by atoms with Gasteiger partial charge in [-0.05, 0) is 24.6 Å². The van der Waals surface area contributed by atoms with Crippen LogP contribution in [0.4, 0.5) is 5.69 Å². The third-order valence-electron chi connectivity index (χ3n) is 4.23. The number of nitrogens with zero attached hydrogens (tertiary/aromatic N) is 3. The summed E-state index contributed by atoms with van der Waals surface area (Å²) in [6, 6.07) is 7.25. The lowest BCUT2D eigenvalue weighted by Crippen LogP contribution is -2.48. The molecule has 0 unspecified atom stereocenters. The van der Waals surface area contributed by atoms with Crippen LogP contribution < -0.4 is 4.90 Å². The number of benzene rings is 1. The summed E-state index contributed by atoms with van der Waals surface area (Å²) in [5, 5.41) is 0. The van der Waals surface area contributed by atoms with Gasteiger partial charge in [-0.15, -0.1) is 0 Å². The van der Waals surface area contributed by atoms with E-state index in [0.717, 1.165) is 18.5 Å². The van der Waals surface area contributed by atoms with E-state index < -0.39 is 0 Å². The molecule has 1 aromatic rings. The maximum Gasteiger partial charge on any atom is 0.254 e. The highest BCUT2D eigenvalue weighted by Gasteiger charge is 2.24. The molecule has 0 atom stereocenters. The van der Waals surface area contributed by atoms with E-state index in [1.807, 2.05) is 12.1 Å². The van der Waals surface area contributed by atoms with Crippen molar-refractivity contribution in [2.75, 3.05) is 37.6 Å². The Morgan fingerprint density at radius 3 is 2.50 bits per heavy atom. The molecule has 116 valence electrons. The van der Waals surface area contributed by atoms with Crippen LogP contribution in [0.15, 0.2) is 24.3 Å². The van der Waals surface area contributed by atoms with Crippen LogP contribution in [0.2, 0.25) is 0 Å². The second-order valence-electron chi connectivity index (χ2n) is 5.63. The van der Waals surface area contributed by atoms with Gasteiger partial charge < -0.3 is 14.7 Å². The molecule has 3 amide bonds. The molecule has 22 heavy (non-hydrogen) atoms. The number of carbonyl (C=O) groups excluding carboxylic acids is 3. The fraction of sp³-hybridized carbons (Fsp3) is 0.438. The molecule has 2 aliphatic heterocycles. The summed E-state index contributed by atoms with van der Waals surface area (Å²) >= 11 is 0. The Morgan fingerprint density at radius 1 is 1.09 bits per heavy atom. The van der Waals surface area contributed by atoms with E-state index >= 15 is 0 Å². The quantitative estimate of drug-likeness (QED) is 0.773. The molecule has 2 heterocycles. The highest BCUT2D eigenvalue weighted by atomic mass is 16.2. The van der Waals surface area contributed by atoms with Crippen molar-refractivity contribution in [2.24, 2.45) is 0 Å². The van der Waals surface area contributed by atoms with Crippen LogP contribution in [-0.4, -0.2) is 60.7 Å². The first-order chi connectivity index (χ1) is 10.7. The third-order valence-corrected chi connectivity index (χ3v) is 4.23. The van der Waals surface area contributed by atoms with Crippen molar-refractivity contribution in [3.05, 3.63) is 29.8 Å². The number of carbonyl (C=O) groups is 3. The van der Waals surface area contributed by atoms with Crippen molar-refractivity contribution in [2.45, 2.75) is 12.8 Å². The van der Waals surface area contributed by atoms with Gasteiger partial charge in [0.2, 0.25) is 12.3 Å². The molecule has 3 rings (SSSR count). The number of piperazine rings is 1. The molecule has 0 bridgehead atoms. The van der Waals surface area contributed by atoms with Crippen LogP contribution in [0.5, 0.6) is 0 Å². The summed E-state index contributed by atoms with van der Waals surface area (Å²) in [6.07, 6.45) is 2.26. The van der Waals surface area contributed by atoms with Crippen molar-refractivity contribution in [1.82, 2.24) is 9.80 Å². The van der Waals surface area contributed by atoms with Crippen LogP contribution in [0.1, 0.15) is 23.2 Å². The SMILES string of the molecule is O=CN1CCN(C(=O)c2cccc(N3CCCC3=O)c2)CC1. The molecule has 2 aliphatic rings. The zero-order chi connectivity index (χ0) is 15.5. The molecular weight excluding hydrogens is 282 g/mol. The first-order valence-corrected chi connectivity index (χ1v) is 7.58. The predicted octanol–water partition coefficient (Wildman–Crippen LogP) is 0.728. The Bertz CT molecular complexity index is 594. The van der Waals surface area contributed by atoms with Crippen LogP contribution in [0.3, 0.4) is 0 Å². The van der Waals surface area contributed by atoms with E-state index in [0.29, 0.717) is 44.7 Å². The zero-order valence-electron chi connectivity index (χ0n) is 12.4. The highest BCUT2D eigenvalue weighted by Crippen LogP contribution is 2.23. The summed E-state index contributed by atoms with van der Waals surface area (Å²) in [6.45, 7) is 2.95. The standard InChI is InChI=1S/C16H19N3O3/c20-12-17-7-9-18(10-8-17)16(22)13-3-1-4-14(11-13)19-6-2-5-15(19)21/h1,3-4,11-12H,2,5-10H2. The normalized spacial score (nSPS) is 18.7. The fourth-order valence-electron chi connectivity index (χ4n) is 2.94. The van der Waals surface area contributed by atoms with E-state index in [1.165, 1.54) is 0 Å². The van der Waals surface area contributed by atoms with Crippen molar-refractivity contribution >= 4 is 23.9 Å². The smallest absolute Gasteiger partial charge is 0.254 e. The van der Waals surface area contributed by atoms with Gasteiger partial charge in [-0.2, -0.15) is 0 Å². The molecule has 6 nitrogen and oxygen atoms in total. The number of rotatable bonds is 3. The van der Waals surface area contributed by atoms with Crippen LogP contribution in [0.25, 0.3) is 0 Å². The summed E-state index contributed by atoms with van der Waals surface area (Å²) < 4.78 is 0. The summed E-state index contributed by atoms with van der Waals surface area (Å²) in [4.78, 5) is 40.3. The molecule has 0 radical (unpaired) electrons. The maximum atomic E-state index is 12.6. The average Bonchev–Trinajstić information content (AvgIpc) is 3.00. The zero-order valence-corrected chi connectivity index (χ0v) is 12.4. The van der Waals surface area contributed by atoms with Gasteiger partial charge in [0.25, 0.3) is 5.91 Å². The Balaban J connectivity index is 1.73. The van der Waals surface area contributed by atoms with Crippen molar-refractivity contribution < 1.29 is 14.4 Å². The van der Waals surface area contributed by atoms with Gasteiger partial charge in [-0.25, -0.2) is 0 Å². The van der Waals surface area contributed by atoms with E-state index in [4.69, 9.17) is 0 Å². The predicted molar refractivity (Wildman–Crippen MR) is 81.6 cm³/mol. The summed E-state index contributed by atoms with van der Waals surface area (Å²) in [5.41, 5.74) is 1.39. The van der Waals surface area contributed by atoms with Gasteiger partial charge in [-0.1, -0.05) is 6.07 Å². The van der Waals surface area contributed by atoms with E-state index in [2.05, 4.69) is 0 Å². The van der Waals surface area contributed by atoms with Gasteiger partial charge >= 0.3 is 0 Å². The Labute approximate surface area is 129 Å². The molecule has 0 spiro atoms. The fourth-order valence-corrected chi connectivity index (χ4v) is 2.94. The van der Waals surface area contributed by atoms with Gasteiger partial charge in [0.15, 0.2) is 0 Å². The van der Waals surface area contributed by atoms with E-state index in [1.54, 1.807) is 26.8 Å². The minimum Gasteiger partial charge on any atom is -0.342 e. The minimum absolute atomic E-state index is 0.0426. The second kappa shape index (κ2) is 6.17. The topological polar surface area (TPSA) is 60.9 Å². The van der Waals surface area contributed by atoms with Crippen LogP contribution in [0, 0.1) is 0 Å². The molecule has 0 saturated carbocycles. The lowest BCUT2D eigenvalue weighted by molar-refractivity contribution is -0.119. The van der Waals surface area contributed by atoms with Gasteiger partial charge in [0.1, 0.15) is 0 Å². The monoisotopic (exact) mass is 301 g/mol. The Morgan fingerprint density at radius 2 is 1.86 bits per heavy atom. The Kier molecular flexibility index (Phi) is 4.09. The number of anilines is 1. The first kappa shape index (κ1) is 14.6. The van der Waals surface area contributed by atoms with Gasteiger partial charge in [0, 0.05) is 50.4 Å². The third kappa shape index (κ3) is 2.81. The lowest BCUT2D eigenvalue weighted by atomic mass is 10.1. The summed E-state index contributed by atoms with van der Waals surface area (Å²) in [5.74, 6) is 0.0724. The molecule has 0 N–H and O–H groups in total. The minimum atomic E-state index is -0.0426. The highest BCUT2D eigenvalue weighted by molar-refractivity contribution is 5.99. The largest absolute Gasteiger partial charge is 0.342 e. The molecule has 0 aromatic heterocycles. The maximum absolute atomic E-state index is 12.6. The van der Waals surface area contributed by atoms with E-state index in [-0.39, 0.29) is 11.8 Å². The first-order valence-electron chi connectivity index (χ1n) is 7.58. The molecular formula is C16H19N3O3. The molecule has 6 heteroatoms. The molecule has 2 saturated heterocycles. The van der Waals surface area contributed by atoms with Crippen molar-refractivity contribution in [3.8, 4) is 0 Å². The lowest BCUT2D eigenvalue weighted by Gasteiger charge is -2.32. The number of amides is 3. The average molecular weight is 301 g/mol. The van der Waals surface area contributed by atoms with Crippen LogP contribution in [-0.2, 0) is 9.59 Å². The molecule has 2 fully saturated rings. The summed E-state index contributed by atoms with van der Waals surface area (Å²) in [7, 11) is 0. The van der Waals surface area contributed by atoms with Gasteiger partial charge in [-0.3, -0.25) is 14.4 Å². The van der Waals surface area contributed by atoms with Gasteiger partial charge in [0.05, 0.1) is 0 Å². The van der Waals surface area contributed by atoms with Crippen molar-refractivity contribution in [3.63, 3.8) is 0 Å². The van der Waals surface area contributed by atoms with Crippen LogP contribution >= 0.6 is 0 Å². The van der Waals surface area contributed by atoms with E-state index in [9.17, 15) is 14.4 Å². The molecule has 1 aromatic carbocycles. The second-order valence-corrected chi connectivity index (χ2v) is 5.63. The number of hydrogen-bond acceptors (Lipinski definition) is 3. The molecule has 0 aliphatic carbocycles. The van der Waals surface area contributed by atoms with Crippen molar-refractivity contribution in [1.29, 1.82) is 0 Å².